The standard InChI is InChI=1S/C26H28N4O3/c1-4-24(31)29-25-20-15-18(11-10-17(20)12-13-23(25)33-3)21-8-5-9-22(28-21)26(32)27-19-7-6-14-30(2)16-19/h4-5,8-13,15,19H,1,6-7,14,16H2,2-3H3,(H,27,32)(H,29,31)/t19-/m1/s1. The second kappa shape index (κ2) is 9.83. The predicted octanol–water partition coefficient (Wildman–Crippen LogP) is 3.86. The number of rotatable bonds is 6. The minimum absolute atomic E-state index is 0.130. The van der Waals surface area contributed by atoms with Gasteiger partial charge in [0, 0.05) is 23.5 Å². The molecule has 0 spiro atoms. The lowest BCUT2D eigenvalue weighted by molar-refractivity contribution is -0.111. The summed E-state index contributed by atoms with van der Waals surface area (Å²) in [6, 6.07) is 15.2. The Balaban J connectivity index is 1.66. The van der Waals surface area contributed by atoms with E-state index in [-0.39, 0.29) is 17.9 Å². The summed E-state index contributed by atoms with van der Waals surface area (Å²) in [5, 5.41) is 7.70. The number of carbonyl (C=O) groups is 2. The number of methoxy groups -OCH3 is 1. The van der Waals surface area contributed by atoms with Crippen molar-refractivity contribution in [3.05, 3.63) is 66.9 Å². The van der Waals surface area contributed by atoms with Crippen molar-refractivity contribution in [2.24, 2.45) is 0 Å². The summed E-state index contributed by atoms with van der Waals surface area (Å²) in [6.45, 7) is 5.43. The highest BCUT2D eigenvalue weighted by atomic mass is 16.5. The summed E-state index contributed by atoms with van der Waals surface area (Å²) in [5.41, 5.74) is 2.45. The normalized spacial score (nSPS) is 16.2. The van der Waals surface area contributed by atoms with Crippen LogP contribution in [0, 0.1) is 0 Å². The third-order valence-corrected chi connectivity index (χ3v) is 5.87. The molecule has 1 fully saturated rings. The second-order valence-corrected chi connectivity index (χ2v) is 8.26. The zero-order chi connectivity index (χ0) is 23.4. The Kier molecular flexibility index (Phi) is 6.70. The highest BCUT2D eigenvalue weighted by Crippen LogP contribution is 2.35. The molecule has 1 aromatic heterocycles. The third kappa shape index (κ3) is 5.04. The zero-order valence-electron chi connectivity index (χ0n) is 18.9. The fourth-order valence-electron chi connectivity index (χ4n) is 4.20. The van der Waals surface area contributed by atoms with Gasteiger partial charge in [-0.15, -0.1) is 0 Å². The molecule has 0 saturated carbocycles. The molecular formula is C26H28N4O3. The van der Waals surface area contributed by atoms with Crippen LogP contribution in [0.5, 0.6) is 5.75 Å². The van der Waals surface area contributed by atoms with Gasteiger partial charge in [0.1, 0.15) is 11.4 Å². The number of nitrogens with zero attached hydrogens (tertiary/aromatic N) is 2. The minimum Gasteiger partial charge on any atom is -0.495 e. The maximum Gasteiger partial charge on any atom is 0.270 e. The number of benzene rings is 2. The molecule has 7 nitrogen and oxygen atoms in total. The van der Waals surface area contributed by atoms with Gasteiger partial charge in [0.05, 0.1) is 18.5 Å². The highest BCUT2D eigenvalue weighted by molar-refractivity contribution is 6.08. The average Bonchev–Trinajstić information content (AvgIpc) is 2.84. The number of carbonyl (C=O) groups excluding carboxylic acids is 2. The Morgan fingerprint density at radius 2 is 2.03 bits per heavy atom. The van der Waals surface area contributed by atoms with Gasteiger partial charge in [-0.1, -0.05) is 30.8 Å². The van der Waals surface area contributed by atoms with Gasteiger partial charge in [-0.25, -0.2) is 4.98 Å². The summed E-state index contributed by atoms with van der Waals surface area (Å²) in [5.74, 6) is 0.0586. The van der Waals surface area contributed by atoms with E-state index in [4.69, 9.17) is 4.74 Å². The Labute approximate surface area is 193 Å². The molecule has 0 aliphatic carbocycles. The van der Waals surface area contributed by atoms with Crippen molar-refractivity contribution < 1.29 is 14.3 Å². The molecule has 33 heavy (non-hydrogen) atoms. The number of anilines is 1. The third-order valence-electron chi connectivity index (χ3n) is 5.87. The highest BCUT2D eigenvalue weighted by Gasteiger charge is 2.20. The van der Waals surface area contributed by atoms with Crippen LogP contribution in [0.3, 0.4) is 0 Å². The molecule has 2 aromatic carbocycles. The molecule has 0 radical (unpaired) electrons. The fourth-order valence-corrected chi connectivity index (χ4v) is 4.20. The van der Waals surface area contributed by atoms with Gasteiger partial charge in [0.15, 0.2) is 0 Å². The molecule has 2 N–H and O–H groups in total. The van der Waals surface area contributed by atoms with Crippen LogP contribution < -0.4 is 15.4 Å². The molecule has 7 heteroatoms. The van der Waals surface area contributed by atoms with Crippen molar-refractivity contribution in [3.63, 3.8) is 0 Å². The maximum absolute atomic E-state index is 12.8. The quantitative estimate of drug-likeness (QED) is 0.564. The number of aromatic nitrogens is 1. The van der Waals surface area contributed by atoms with Crippen LogP contribution in [0.15, 0.2) is 61.2 Å². The van der Waals surface area contributed by atoms with Crippen molar-refractivity contribution in [1.82, 2.24) is 15.2 Å². The first-order valence-corrected chi connectivity index (χ1v) is 11.0. The van der Waals surface area contributed by atoms with Crippen LogP contribution in [0.2, 0.25) is 0 Å². The molecule has 0 unspecified atom stereocenters. The van der Waals surface area contributed by atoms with Gasteiger partial charge in [-0.2, -0.15) is 0 Å². The van der Waals surface area contributed by atoms with E-state index in [1.54, 1.807) is 13.2 Å². The second-order valence-electron chi connectivity index (χ2n) is 8.26. The van der Waals surface area contributed by atoms with Gasteiger partial charge < -0.3 is 20.3 Å². The average molecular weight is 445 g/mol. The smallest absolute Gasteiger partial charge is 0.270 e. The first kappa shape index (κ1) is 22.5. The van der Waals surface area contributed by atoms with Gasteiger partial charge >= 0.3 is 0 Å². The Hall–Kier alpha value is -3.71. The van der Waals surface area contributed by atoms with Crippen molar-refractivity contribution in [2.75, 3.05) is 32.6 Å². The van der Waals surface area contributed by atoms with Crippen LogP contribution >= 0.6 is 0 Å². The van der Waals surface area contributed by atoms with Crippen molar-refractivity contribution >= 4 is 28.3 Å². The molecule has 3 aromatic rings. The number of pyridine rings is 1. The molecule has 2 amide bonds. The minimum atomic E-state index is -0.323. The van der Waals surface area contributed by atoms with Gasteiger partial charge in [-0.3, -0.25) is 9.59 Å². The van der Waals surface area contributed by atoms with E-state index >= 15 is 0 Å². The Morgan fingerprint density at radius 3 is 2.79 bits per heavy atom. The lowest BCUT2D eigenvalue weighted by Gasteiger charge is -2.30. The van der Waals surface area contributed by atoms with E-state index in [9.17, 15) is 9.59 Å². The molecule has 1 saturated heterocycles. The fraction of sp³-hybridized carbons (Fsp3) is 0.269. The molecular weight excluding hydrogens is 416 g/mol. The monoisotopic (exact) mass is 444 g/mol. The first-order valence-electron chi connectivity index (χ1n) is 11.0. The number of ether oxygens (including phenoxy) is 1. The maximum atomic E-state index is 12.8. The van der Waals surface area contributed by atoms with Crippen molar-refractivity contribution in [2.45, 2.75) is 18.9 Å². The number of hydrogen-bond acceptors (Lipinski definition) is 5. The van der Waals surface area contributed by atoms with Crippen LogP contribution in [-0.4, -0.2) is 55.0 Å². The van der Waals surface area contributed by atoms with Crippen molar-refractivity contribution in [3.8, 4) is 17.0 Å². The zero-order valence-corrected chi connectivity index (χ0v) is 18.9. The van der Waals surface area contributed by atoms with Gasteiger partial charge in [-0.05, 0) is 62.2 Å². The van der Waals surface area contributed by atoms with Crippen LogP contribution in [0.1, 0.15) is 23.3 Å². The molecule has 4 rings (SSSR count). The summed E-state index contributed by atoms with van der Waals surface area (Å²) in [7, 11) is 3.62. The number of likely N-dealkylation sites (tertiary alicyclic amines) is 1. The summed E-state index contributed by atoms with van der Waals surface area (Å²) < 4.78 is 5.45. The molecule has 170 valence electrons. The van der Waals surface area contributed by atoms with E-state index in [0.717, 1.165) is 42.3 Å². The van der Waals surface area contributed by atoms with Crippen LogP contribution in [0.25, 0.3) is 22.0 Å². The van der Waals surface area contributed by atoms with E-state index in [1.165, 1.54) is 6.08 Å². The predicted molar refractivity (Wildman–Crippen MR) is 131 cm³/mol. The Morgan fingerprint density at radius 1 is 1.21 bits per heavy atom. The Bertz CT molecular complexity index is 1210. The summed E-state index contributed by atoms with van der Waals surface area (Å²) in [4.78, 5) is 31.7. The SMILES string of the molecule is C=CC(=O)Nc1c(OC)ccc2ccc(-c3cccc(C(=O)N[C@@H]4CCCN(C)C4)n3)cc12. The van der Waals surface area contributed by atoms with Crippen LogP contribution in [0.4, 0.5) is 5.69 Å². The van der Waals surface area contributed by atoms with Gasteiger partial charge in [0.2, 0.25) is 5.91 Å². The van der Waals surface area contributed by atoms with E-state index in [0.29, 0.717) is 22.8 Å². The van der Waals surface area contributed by atoms with E-state index < -0.39 is 0 Å². The summed E-state index contributed by atoms with van der Waals surface area (Å²) in [6.07, 6.45) is 3.26. The number of nitrogens with one attached hydrogen (secondary N) is 2. The molecule has 0 bridgehead atoms. The van der Waals surface area contributed by atoms with E-state index in [2.05, 4.69) is 34.1 Å². The molecule has 2 heterocycles. The number of likely N-dealkylation sites (N-methyl/N-ethyl adjacent to an activating group) is 1. The first-order chi connectivity index (χ1) is 16.0. The number of hydrogen-bond donors (Lipinski definition) is 2. The number of fused-ring (bicyclic) bond motifs is 1. The largest absolute Gasteiger partial charge is 0.495 e. The topological polar surface area (TPSA) is 83.6 Å². The summed E-state index contributed by atoms with van der Waals surface area (Å²) >= 11 is 0. The molecule has 1 atom stereocenters. The lowest BCUT2D eigenvalue weighted by Crippen LogP contribution is -2.46. The van der Waals surface area contributed by atoms with Gasteiger partial charge in [0.25, 0.3) is 5.91 Å². The van der Waals surface area contributed by atoms with E-state index in [1.807, 2.05) is 42.5 Å². The molecule has 1 aliphatic rings. The van der Waals surface area contributed by atoms with Crippen molar-refractivity contribution in [1.29, 1.82) is 0 Å². The van der Waals surface area contributed by atoms with Crippen LogP contribution in [-0.2, 0) is 4.79 Å². The number of amides is 2. The lowest BCUT2D eigenvalue weighted by atomic mass is 10.0. The number of piperidine rings is 1. The molecule has 1 aliphatic heterocycles.